The van der Waals surface area contributed by atoms with Crippen molar-refractivity contribution in [2.45, 2.75) is 37.7 Å². The number of aliphatic hydroxyl groups is 1. The zero-order valence-corrected chi connectivity index (χ0v) is 10.6. The van der Waals surface area contributed by atoms with Crippen molar-refractivity contribution in [3.63, 3.8) is 0 Å². The van der Waals surface area contributed by atoms with Crippen LogP contribution in [0.3, 0.4) is 0 Å². The van der Waals surface area contributed by atoms with Crippen LogP contribution in [-0.2, 0) is 0 Å². The van der Waals surface area contributed by atoms with E-state index in [9.17, 15) is 5.11 Å². The Morgan fingerprint density at radius 2 is 2.11 bits per heavy atom. The molecule has 3 rings (SSSR count). The maximum atomic E-state index is 10.2. The monoisotopic (exact) mass is 245 g/mol. The van der Waals surface area contributed by atoms with E-state index in [0.29, 0.717) is 0 Å². The first-order chi connectivity index (χ1) is 8.79. The molecule has 0 radical (unpaired) electrons. The van der Waals surface area contributed by atoms with E-state index in [1.165, 1.54) is 17.4 Å². The van der Waals surface area contributed by atoms with Crippen LogP contribution < -0.4 is 4.74 Å². The van der Waals surface area contributed by atoms with Crippen LogP contribution in [0.2, 0.25) is 0 Å². The van der Waals surface area contributed by atoms with E-state index >= 15 is 0 Å². The first-order valence-electron chi connectivity index (χ1n) is 6.62. The molecular weight excluding hydrogens is 226 g/mol. The van der Waals surface area contributed by atoms with Crippen LogP contribution in [0.4, 0.5) is 0 Å². The second kappa shape index (κ2) is 4.65. The standard InChI is InChI=1S/C15H19NO2/c1-18-10-6-7-14-12(8-10)13(9-16-14)11-4-2-3-5-15(11)17/h6-9,11,15-17H,2-5H2,1H3/t11-,15+/m1/s1. The van der Waals surface area contributed by atoms with Crippen molar-refractivity contribution < 1.29 is 9.84 Å². The summed E-state index contributed by atoms with van der Waals surface area (Å²) < 4.78 is 5.28. The van der Waals surface area contributed by atoms with Crippen molar-refractivity contribution >= 4 is 10.9 Å². The average molecular weight is 245 g/mol. The number of nitrogens with one attached hydrogen (secondary N) is 1. The molecule has 0 aliphatic heterocycles. The fourth-order valence-corrected chi connectivity index (χ4v) is 3.03. The molecule has 1 aromatic heterocycles. The van der Waals surface area contributed by atoms with Crippen LogP contribution in [0.1, 0.15) is 37.2 Å². The number of aromatic nitrogens is 1. The summed E-state index contributed by atoms with van der Waals surface area (Å²) in [7, 11) is 1.68. The normalized spacial score (nSPS) is 24.3. The van der Waals surface area contributed by atoms with E-state index in [4.69, 9.17) is 4.74 Å². The number of methoxy groups -OCH3 is 1. The molecule has 3 heteroatoms. The number of hydrogen-bond donors (Lipinski definition) is 2. The Morgan fingerprint density at radius 3 is 2.89 bits per heavy atom. The molecular formula is C15H19NO2. The molecule has 2 aromatic rings. The van der Waals surface area contributed by atoms with Gasteiger partial charge in [-0.25, -0.2) is 0 Å². The summed E-state index contributed by atoms with van der Waals surface area (Å²) in [5.41, 5.74) is 2.35. The van der Waals surface area contributed by atoms with Crippen molar-refractivity contribution in [2.75, 3.05) is 7.11 Å². The van der Waals surface area contributed by atoms with Gasteiger partial charge in [0.1, 0.15) is 5.75 Å². The highest BCUT2D eigenvalue weighted by Gasteiger charge is 2.26. The maximum Gasteiger partial charge on any atom is 0.119 e. The number of ether oxygens (including phenoxy) is 1. The van der Waals surface area contributed by atoms with Gasteiger partial charge >= 0.3 is 0 Å². The van der Waals surface area contributed by atoms with Crippen LogP contribution in [-0.4, -0.2) is 23.3 Å². The molecule has 18 heavy (non-hydrogen) atoms. The second-order valence-corrected chi connectivity index (χ2v) is 5.11. The Morgan fingerprint density at radius 1 is 1.28 bits per heavy atom. The summed E-state index contributed by atoms with van der Waals surface area (Å²) in [5.74, 6) is 1.13. The Hall–Kier alpha value is -1.48. The fourth-order valence-electron chi connectivity index (χ4n) is 3.03. The molecule has 0 spiro atoms. The van der Waals surface area contributed by atoms with Crippen LogP contribution >= 0.6 is 0 Å². The number of aromatic amines is 1. The van der Waals surface area contributed by atoms with Gasteiger partial charge in [-0.15, -0.1) is 0 Å². The molecule has 0 amide bonds. The Bertz CT molecular complexity index is 546. The molecule has 1 heterocycles. The van der Waals surface area contributed by atoms with Gasteiger partial charge in [0.05, 0.1) is 13.2 Å². The topological polar surface area (TPSA) is 45.2 Å². The summed E-state index contributed by atoms with van der Waals surface area (Å²) in [5, 5.41) is 11.4. The summed E-state index contributed by atoms with van der Waals surface area (Å²) in [6.45, 7) is 0. The lowest BCUT2D eigenvalue weighted by molar-refractivity contribution is 0.107. The highest BCUT2D eigenvalue weighted by Crippen LogP contribution is 2.37. The first-order valence-corrected chi connectivity index (χ1v) is 6.62. The molecule has 3 nitrogen and oxygen atoms in total. The first kappa shape index (κ1) is 11.6. The molecule has 1 aromatic carbocycles. The van der Waals surface area contributed by atoms with Gasteiger partial charge in [0, 0.05) is 23.0 Å². The Kier molecular flexibility index (Phi) is 3.00. The van der Waals surface area contributed by atoms with Crippen molar-refractivity contribution in [3.8, 4) is 5.75 Å². The van der Waals surface area contributed by atoms with Crippen molar-refractivity contribution in [1.29, 1.82) is 0 Å². The molecule has 0 bridgehead atoms. The third kappa shape index (κ3) is 1.89. The van der Waals surface area contributed by atoms with Crippen molar-refractivity contribution in [2.24, 2.45) is 0 Å². The lowest BCUT2D eigenvalue weighted by Crippen LogP contribution is -2.22. The van der Waals surface area contributed by atoms with Gasteiger partial charge in [-0.2, -0.15) is 0 Å². The van der Waals surface area contributed by atoms with Crippen LogP contribution in [0, 0.1) is 0 Å². The summed E-state index contributed by atoms with van der Waals surface area (Å²) in [6.07, 6.45) is 6.18. The SMILES string of the molecule is COc1ccc2[nH]cc([C@H]3CCCC[C@@H]3O)c2c1. The number of fused-ring (bicyclic) bond motifs is 1. The van der Waals surface area contributed by atoms with E-state index in [1.54, 1.807) is 7.11 Å². The number of H-pyrrole nitrogens is 1. The number of hydrogen-bond acceptors (Lipinski definition) is 2. The summed E-state index contributed by atoms with van der Waals surface area (Å²) >= 11 is 0. The molecule has 1 saturated carbocycles. The molecule has 1 aliphatic carbocycles. The van der Waals surface area contributed by atoms with Crippen LogP contribution in [0.15, 0.2) is 24.4 Å². The third-order valence-electron chi connectivity index (χ3n) is 4.05. The van der Waals surface area contributed by atoms with Gasteiger partial charge in [0.25, 0.3) is 0 Å². The predicted molar refractivity (Wildman–Crippen MR) is 72.1 cm³/mol. The molecule has 1 fully saturated rings. The van der Waals surface area contributed by atoms with Gasteiger partial charge in [-0.3, -0.25) is 0 Å². The highest BCUT2D eigenvalue weighted by atomic mass is 16.5. The molecule has 1 aliphatic rings. The summed E-state index contributed by atoms with van der Waals surface area (Å²) in [4.78, 5) is 3.29. The minimum Gasteiger partial charge on any atom is -0.497 e. The van der Waals surface area contributed by atoms with Gasteiger partial charge in [0.2, 0.25) is 0 Å². The largest absolute Gasteiger partial charge is 0.497 e. The maximum absolute atomic E-state index is 10.2. The van der Waals surface area contributed by atoms with E-state index in [-0.39, 0.29) is 12.0 Å². The minimum atomic E-state index is -0.205. The highest BCUT2D eigenvalue weighted by molar-refractivity contribution is 5.85. The molecule has 96 valence electrons. The quantitative estimate of drug-likeness (QED) is 0.853. The molecule has 2 atom stereocenters. The van der Waals surface area contributed by atoms with Crippen molar-refractivity contribution in [3.05, 3.63) is 30.0 Å². The Balaban J connectivity index is 2.05. The molecule has 2 N–H and O–H groups in total. The van der Waals surface area contributed by atoms with Crippen LogP contribution in [0.5, 0.6) is 5.75 Å². The van der Waals surface area contributed by atoms with Gasteiger partial charge < -0.3 is 14.8 Å². The third-order valence-corrected chi connectivity index (χ3v) is 4.05. The summed E-state index contributed by atoms with van der Waals surface area (Å²) in [6, 6.07) is 6.05. The van der Waals surface area contributed by atoms with E-state index in [1.807, 2.05) is 18.3 Å². The molecule has 0 saturated heterocycles. The average Bonchev–Trinajstić information content (AvgIpc) is 2.82. The second-order valence-electron chi connectivity index (χ2n) is 5.11. The Labute approximate surface area is 107 Å². The zero-order chi connectivity index (χ0) is 12.5. The van der Waals surface area contributed by atoms with E-state index in [2.05, 4.69) is 11.1 Å². The number of benzene rings is 1. The van der Waals surface area contributed by atoms with Crippen LogP contribution in [0.25, 0.3) is 10.9 Å². The fraction of sp³-hybridized carbons (Fsp3) is 0.467. The van der Waals surface area contributed by atoms with Gasteiger partial charge in [-0.05, 0) is 36.6 Å². The smallest absolute Gasteiger partial charge is 0.119 e. The lowest BCUT2D eigenvalue weighted by atomic mass is 9.81. The predicted octanol–water partition coefficient (Wildman–Crippen LogP) is 3.20. The van der Waals surface area contributed by atoms with Gasteiger partial charge in [-0.1, -0.05) is 12.8 Å². The number of rotatable bonds is 2. The molecule has 0 unspecified atom stereocenters. The zero-order valence-electron chi connectivity index (χ0n) is 10.6. The van der Waals surface area contributed by atoms with E-state index < -0.39 is 0 Å². The van der Waals surface area contributed by atoms with E-state index in [0.717, 1.165) is 30.5 Å². The van der Waals surface area contributed by atoms with Crippen molar-refractivity contribution in [1.82, 2.24) is 4.98 Å². The minimum absolute atomic E-state index is 0.205. The lowest BCUT2D eigenvalue weighted by Gasteiger charge is -2.27. The number of aliphatic hydroxyl groups excluding tert-OH is 1. The van der Waals surface area contributed by atoms with Gasteiger partial charge in [0.15, 0.2) is 0 Å².